The Labute approximate surface area is 325 Å². The summed E-state index contributed by atoms with van der Waals surface area (Å²) in [5.74, 6) is 0.449. The van der Waals surface area contributed by atoms with Crippen molar-refractivity contribution in [2.24, 2.45) is 50.2 Å². The Morgan fingerprint density at radius 3 is 2.13 bits per heavy atom. The lowest BCUT2D eigenvalue weighted by Crippen LogP contribution is -2.72. The number of hydrogen-bond acceptors (Lipinski definition) is 13. The summed E-state index contributed by atoms with van der Waals surface area (Å²) >= 11 is 0. The maximum atomic E-state index is 12.1. The molecule has 3 heterocycles. The Balaban J connectivity index is 1.05. The summed E-state index contributed by atoms with van der Waals surface area (Å²) in [5.41, 5.74) is -1.90. The third kappa shape index (κ3) is 5.44. The summed E-state index contributed by atoms with van der Waals surface area (Å²) in [6.45, 7) is 15.4. The molecule has 1 spiro atoms. The first-order chi connectivity index (χ1) is 25.7. The van der Waals surface area contributed by atoms with Gasteiger partial charge in [-0.3, -0.25) is 0 Å². The van der Waals surface area contributed by atoms with E-state index in [1.54, 1.807) is 6.92 Å². The summed E-state index contributed by atoms with van der Waals surface area (Å²) in [4.78, 5) is 0. The second kappa shape index (κ2) is 13.4. The molecule has 0 aromatic carbocycles. The number of fused-ring (bicyclic) bond motifs is 4. The highest BCUT2D eigenvalue weighted by Gasteiger charge is 2.79. The van der Waals surface area contributed by atoms with Crippen molar-refractivity contribution < 1.29 is 64.5 Å². The molecule has 55 heavy (non-hydrogen) atoms. The van der Waals surface area contributed by atoms with Crippen molar-refractivity contribution in [1.82, 2.24) is 0 Å². The lowest BCUT2D eigenvalue weighted by molar-refractivity contribution is -0.367. The van der Waals surface area contributed by atoms with E-state index >= 15 is 0 Å². The lowest BCUT2D eigenvalue weighted by Gasteiger charge is -2.73. The molecule has 5 aliphatic carbocycles. The van der Waals surface area contributed by atoms with Gasteiger partial charge in [0.1, 0.15) is 42.7 Å². The zero-order valence-corrected chi connectivity index (χ0v) is 33.7. The first kappa shape index (κ1) is 41.0. The molecule has 2 bridgehead atoms. The predicted octanol–water partition coefficient (Wildman–Crippen LogP) is 1.78. The Kier molecular flexibility index (Phi) is 9.95. The summed E-state index contributed by atoms with van der Waals surface area (Å²) in [6, 6.07) is 0. The largest absolute Gasteiger partial charge is 0.396 e. The van der Waals surface area contributed by atoms with Gasteiger partial charge in [0, 0.05) is 22.2 Å². The molecule has 3 aliphatic heterocycles. The normalized spacial score (nSPS) is 59.7. The van der Waals surface area contributed by atoms with Gasteiger partial charge in [-0.25, -0.2) is 0 Å². The van der Waals surface area contributed by atoms with Crippen LogP contribution in [0, 0.1) is 50.2 Å². The molecule has 0 amide bonds. The number of allylic oxidation sites excluding steroid dienone is 1. The second-order valence-corrected chi connectivity index (χ2v) is 21.0. The topological polar surface area (TPSA) is 208 Å². The molecule has 0 radical (unpaired) electrons. The third-order valence-corrected chi connectivity index (χ3v) is 17.9. The van der Waals surface area contributed by atoms with Crippen LogP contribution in [0.3, 0.4) is 0 Å². The minimum atomic E-state index is -1.72. The average molecular weight is 781 g/mol. The lowest BCUT2D eigenvalue weighted by atomic mass is 9.32. The molecule has 8 N–H and O–H groups in total. The first-order valence-electron chi connectivity index (χ1n) is 20.9. The summed E-state index contributed by atoms with van der Waals surface area (Å²) in [6.07, 6.45) is -3.39. The number of hydrogen-bond donors (Lipinski definition) is 8. The zero-order chi connectivity index (χ0) is 39.9. The molecule has 7 fully saturated rings. The molecule has 0 aromatic heterocycles. The van der Waals surface area contributed by atoms with Gasteiger partial charge in [-0.05, 0) is 86.4 Å². The fourth-order valence-electron chi connectivity index (χ4n) is 14.3. The highest BCUT2D eigenvalue weighted by molar-refractivity contribution is 5.36. The van der Waals surface area contributed by atoms with Crippen molar-refractivity contribution in [3.8, 4) is 0 Å². The number of ether oxygens (including phenoxy) is 5. The Hall–Kier alpha value is -0.780. The van der Waals surface area contributed by atoms with Gasteiger partial charge in [-0.1, -0.05) is 53.7 Å². The fourth-order valence-corrected chi connectivity index (χ4v) is 14.3. The minimum absolute atomic E-state index is 0.0414. The summed E-state index contributed by atoms with van der Waals surface area (Å²) in [7, 11) is 0. The van der Waals surface area contributed by atoms with Crippen LogP contribution in [0.5, 0.6) is 0 Å². The van der Waals surface area contributed by atoms with Gasteiger partial charge in [0.15, 0.2) is 12.6 Å². The highest BCUT2D eigenvalue weighted by atomic mass is 16.7. The van der Waals surface area contributed by atoms with Gasteiger partial charge in [-0.2, -0.15) is 0 Å². The van der Waals surface area contributed by atoms with Crippen LogP contribution in [0.1, 0.15) is 99.8 Å². The van der Waals surface area contributed by atoms with E-state index in [1.165, 1.54) is 0 Å². The van der Waals surface area contributed by atoms with Crippen molar-refractivity contribution in [2.45, 2.75) is 179 Å². The van der Waals surface area contributed by atoms with Gasteiger partial charge in [-0.15, -0.1) is 0 Å². The van der Waals surface area contributed by atoms with Crippen molar-refractivity contribution in [3.05, 3.63) is 12.2 Å². The highest BCUT2D eigenvalue weighted by Crippen LogP contribution is 2.79. The molecular weight excluding hydrogens is 712 g/mol. The van der Waals surface area contributed by atoms with Crippen LogP contribution >= 0.6 is 0 Å². The second-order valence-electron chi connectivity index (χ2n) is 21.0. The molecular formula is C42H68O13. The van der Waals surface area contributed by atoms with Crippen LogP contribution in [0.25, 0.3) is 0 Å². The van der Waals surface area contributed by atoms with Crippen LogP contribution in [-0.2, 0) is 23.7 Å². The van der Waals surface area contributed by atoms with E-state index in [2.05, 4.69) is 53.7 Å². The van der Waals surface area contributed by atoms with Gasteiger partial charge in [0.05, 0.1) is 43.7 Å². The van der Waals surface area contributed by atoms with E-state index in [0.29, 0.717) is 19.4 Å². The van der Waals surface area contributed by atoms with Crippen molar-refractivity contribution in [2.75, 3.05) is 19.8 Å². The van der Waals surface area contributed by atoms with Crippen LogP contribution in [0.2, 0.25) is 0 Å². The van der Waals surface area contributed by atoms with Crippen molar-refractivity contribution >= 4 is 0 Å². The Morgan fingerprint density at radius 2 is 1.44 bits per heavy atom. The first-order valence-corrected chi connectivity index (χ1v) is 20.9. The van der Waals surface area contributed by atoms with Gasteiger partial charge >= 0.3 is 0 Å². The van der Waals surface area contributed by atoms with Gasteiger partial charge in [0.25, 0.3) is 0 Å². The Morgan fingerprint density at radius 1 is 0.727 bits per heavy atom. The summed E-state index contributed by atoms with van der Waals surface area (Å²) in [5, 5.41) is 87.0. The number of rotatable bonds is 6. The smallest absolute Gasteiger partial charge is 0.187 e. The molecule has 13 nitrogen and oxygen atoms in total. The van der Waals surface area contributed by atoms with E-state index in [-0.39, 0.29) is 51.4 Å². The van der Waals surface area contributed by atoms with E-state index in [4.69, 9.17) is 23.7 Å². The van der Waals surface area contributed by atoms with Gasteiger partial charge < -0.3 is 64.5 Å². The Bertz CT molecular complexity index is 1490. The minimum Gasteiger partial charge on any atom is -0.396 e. The molecule has 4 saturated carbocycles. The quantitative estimate of drug-likeness (QED) is 0.143. The molecule has 0 unspecified atom stereocenters. The van der Waals surface area contributed by atoms with Crippen molar-refractivity contribution in [3.63, 3.8) is 0 Å². The zero-order valence-electron chi connectivity index (χ0n) is 33.7. The average Bonchev–Trinajstić information content (AvgIpc) is 3.41. The van der Waals surface area contributed by atoms with Crippen LogP contribution in [-0.4, -0.2) is 140 Å². The predicted molar refractivity (Wildman–Crippen MR) is 197 cm³/mol. The van der Waals surface area contributed by atoms with Gasteiger partial charge in [0.2, 0.25) is 0 Å². The third-order valence-electron chi connectivity index (χ3n) is 17.9. The van der Waals surface area contributed by atoms with Crippen LogP contribution in [0.15, 0.2) is 12.2 Å². The summed E-state index contributed by atoms with van der Waals surface area (Å²) < 4.78 is 31.2. The molecule has 13 heteroatoms. The SMILES string of the molecule is C[C@H]1O[C@@H](O[C@H]2CC[C@@]3(C)[C@@H](CC[C@]4(C)[C@@H]3C=C[C@]35OC[C@@]6(CCC(C)(C)C[C@H]63)[C@@H](O)C[C@]54C)[C@]2(C)CO)[C@H](O)[C@H](O[C@@H]2O[C@H](CO)[C@@H](O)[C@@H](O)[C@H]2O)[C@H]1O. The van der Waals surface area contributed by atoms with E-state index < -0.39 is 91.2 Å². The maximum Gasteiger partial charge on any atom is 0.187 e. The number of aliphatic hydroxyl groups is 8. The molecule has 21 atom stereocenters. The molecule has 0 aromatic rings. The molecule has 8 aliphatic rings. The van der Waals surface area contributed by atoms with E-state index in [9.17, 15) is 40.9 Å². The van der Waals surface area contributed by atoms with Crippen LogP contribution in [0.4, 0.5) is 0 Å². The van der Waals surface area contributed by atoms with Crippen LogP contribution < -0.4 is 0 Å². The number of aliphatic hydroxyl groups excluding tert-OH is 8. The molecule has 314 valence electrons. The molecule has 3 saturated heterocycles. The van der Waals surface area contributed by atoms with E-state index in [0.717, 1.165) is 38.5 Å². The van der Waals surface area contributed by atoms with Crippen molar-refractivity contribution in [1.29, 1.82) is 0 Å². The standard InChI is InChI=1S/C42H68O13/c1-21-28(46)33(55-34-31(49)30(48)29(47)22(18-43)53-34)32(50)35(52-21)54-27-10-11-37(4)23(38(27,5)19-44)8-12-39(6)24(37)9-13-42-25-16-36(2,3)14-15-41(25,20-51-42)26(45)17-40(39,42)7/h9,13,21-35,43-50H,8,10-12,14-20H2,1-7H3/t21-,22-,23-,24-,25-,26+,27+,28+,29-,30-,31-,32-,33-,34+,35+,37+,38+,39-,40+,41-,42+/m1/s1. The maximum absolute atomic E-state index is 12.1. The molecule has 8 rings (SSSR count). The fraction of sp³-hybridized carbons (Fsp3) is 0.952. The van der Waals surface area contributed by atoms with E-state index in [1.807, 2.05) is 0 Å². The monoisotopic (exact) mass is 780 g/mol.